The summed E-state index contributed by atoms with van der Waals surface area (Å²) < 4.78 is 2.45. The lowest BCUT2D eigenvalue weighted by Gasteiger charge is -2.23. The highest BCUT2D eigenvalue weighted by Gasteiger charge is 2.22. The third-order valence-corrected chi connectivity index (χ3v) is 5.50. The third-order valence-electron chi connectivity index (χ3n) is 4.42. The van der Waals surface area contributed by atoms with Gasteiger partial charge in [0.2, 0.25) is 0 Å². The van der Waals surface area contributed by atoms with Gasteiger partial charge in [0.25, 0.3) is 0 Å². The Bertz CT molecular complexity index is 817. The van der Waals surface area contributed by atoms with Gasteiger partial charge in [-0.2, -0.15) is 0 Å². The molecule has 4 rings (SSSR count). The molecule has 22 heavy (non-hydrogen) atoms. The van der Waals surface area contributed by atoms with E-state index < -0.39 is 0 Å². The van der Waals surface area contributed by atoms with Gasteiger partial charge in [-0.05, 0) is 49.7 Å². The van der Waals surface area contributed by atoms with Gasteiger partial charge in [0.05, 0.1) is 5.52 Å². The summed E-state index contributed by atoms with van der Waals surface area (Å²) in [6, 6.07) is 17.6. The molecule has 0 bridgehead atoms. The second kappa shape index (κ2) is 5.49. The van der Waals surface area contributed by atoms with Crippen molar-refractivity contribution in [2.75, 3.05) is 13.6 Å². The van der Waals surface area contributed by atoms with Crippen LogP contribution in [0.2, 0.25) is 0 Å². The van der Waals surface area contributed by atoms with Gasteiger partial charge in [0.1, 0.15) is 0 Å². The van der Waals surface area contributed by atoms with Crippen molar-refractivity contribution < 1.29 is 0 Å². The van der Waals surface area contributed by atoms with E-state index in [2.05, 4.69) is 71.4 Å². The lowest BCUT2D eigenvalue weighted by atomic mass is 10.1. The van der Waals surface area contributed by atoms with Crippen LogP contribution in [0.1, 0.15) is 16.8 Å². The van der Waals surface area contributed by atoms with Crippen molar-refractivity contribution in [2.45, 2.75) is 24.8 Å². The molecule has 0 spiro atoms. The Morgan fingerprint density at radius 3 is 2.59 bits per heavy atom. The van der Waals surface area contributed by atoms with Crippen molar-refractivity contribution in [3.8, 4) is 0 Å². The molecule has 112 valence electrons. The maximum atomic E-state index is 2.45. The number of benzene rings is 2. The minimum Gasteiger partial charge on any atom is -0.302 e. The van der Waals surface area contributed by atoms with E-state index in [9.17, 15) is 0 Å². The highest BCUT2D eigenvalue weighted by molar-refractivity contribution is 7.98. The minimum atomic E-state index is 1.05. The van der Waals surface area contributed by atoms with Crippen LogP contribution in [0.3, 0.4) is 0 Å². The lowest BCUT2D eigenvalue weighted by molar-refractivity contribution is 0.312. The van der Waals surface area contributed by atoms with Crippen LogP contribution in [0.5, 0.6) is 0 Å². The fourth-order valence-electron chi connectivity index (χ4n) is 3.21. The van der Waals surface area contributed by atoms with Crippen LogP contribution in [0.25, 0.3) is 10.9 Å². The molecule has 1 aromatic heterocycles. The maximum Gasteiger partial charge on any atom is 0.0601 e. The number of aromatic nitrogens is 1. The fourth-order valence-corrected chi connectivity index (χ4v) is 4.25. The van der Waals surface area contributed by atoms with Gasteiger partial charge in [-0.25, -0.2) is 0 Å². The summed E-state index contributed by atoms with van der Waals surface area (Å²) in [5, 5.41) is 1.41. The minimum absolute atomic E-state index is 1.05. The van der Waals surface area contributed by atoms with Crippen LogP contribution >= 0.6 is 11.9 Å². The number of hydrogen-bond acceptors (Lipinski definition) is 2. The second-order valence-corrected chi connectivity index (χ2v) is 7.15. The topological polar surface area (TPSA) is 8.17 Å². The molecule has 2 aromatic carbocycles. The van der Waals surface area contributed by atoms with Crippen molar-refractivity contribution in [3.63, 3.8) is 0 Å². The lowest BCUT2D eigenvalue weighted by Crippen LogP contribution is -2.26. The van der Waals surface area contributed by atoms with Crippen molar-refractivity contribution >= 4 is 22.9 Å². The molecule has 0 saturated carbocycles. The first-order valence-electron chi connectivity index (χ1n) is 7.77. The van der Waals surface area contributed by atoms with E-state index in [4.69, 9.17) is 0 Å². The van der Waals surface area contributed by atoms with E-state index >= 15 is 0 Å². The second-order valence-electron chi connectivity index (χ2n) is 6.13. The summed E-state index contributed by atoms with van der Waals surface area (Å²) in [5.74, 6) is 0. The summed E-state index contributed by atoms with van der Waals surface area (Å²) in [7, 11) is 2.21. The van der Waals surface area contributed by atoms with E-state index in [1.807, 2.05) is 11.9 Å². The molecule has 1 aliphatic heterocycles. The monoisotopic (exact) mass is 308 g/mol. The average Bonchev–Trinajstić information content (AvgIpc) is 2.83. The standard InChI is InChI=1S/C19H20N2S/c1-14-7-9-15(10-8-14)22-21-18-6-4-3-5-16(18)17-13-20(2)12-11-19(17)21/h3-10H,11-13H2,1-2H3. The number of nitrogens with zero attached hydrogens (tertiary/aromatic N) is 2. The van der Waals surface area contributed by atoms with E-state index in [1.54, 1.807) is 0 Å². The number of para-hydroxylation sites is 1. The molecule has 0 aliphatic carbocycles. The van der Waals surface area contributed by atoms with Gasteiger partial charge < -0.3 is 4.90 Å². The molecule has 0 amide bonds. The van der Waals surface area contributed by atoms with E-state index in [-0.39, 0.29) is 0 Å². The number of rotatable bonds is 2. The summed E-state index contributed by atoms with van der Waals surface area (Å²) in [4.78, 5) is 3.71. The predicted octanol–water partition coefficient (Wildman–Crippen LogP) is 4.49. The van der Waals surface area contributed by atoms with E-state index in [0.29, 0.717) is 0 Å². The quantitative estimate of drug-likeness (QED) is 0.689. The first-order chi connectivity index (χ1) is 10.7. The molecule has 3 heteroatoms. The van der Waals surface area contributed by atoms with Crippen LogP contribution in [0.4, 0.5) is 0 Å². The summed E-state index contributed by atoms with van der Waals surface area (Å²) in [6.45, 7) is 4.33. The van der Waals surface area contributed by atoms with Gasteiger partial charge in [0, 0.05) is 35.5 Å². The van der Waals surface area contributed by atoms with Crippen LogP contribution in [0.15, 0.2) is 53.4 Å². The number of hydrogen-bond donors (Lipinski definition) is 0. The molecule has 3 aromatic rings. The SMILES string of the molecule is Cc1ccc(Sn2c3c(c4ccccc42)CN(C)CC3)cc1. The van der Waals surface area contributed by atoms with Gasteiger partial charge in [0.15, 0.2) is 0 Å². The predicted molar refractivity (Wildman–Crippen MR) is 94.4 cm³/mol. The van der Waals surface area contributed by atoms with Crippen LogP contribution in [0, 0.1) is 6.92 Å². The number of fused-ring (bicyclic) bond motifs is 3. The Hall–Kier alpha value is -1.71. The Labute approximate surface area is 135 Å². The number of aryl methyl sites for hydroxylation is 1. The smallest absolute Gasteiger partial charge is 0.0601 e. The molecule has 0 atom stereocenters. The first-order valence-corrected chi connectivity index (χ1v) is 8.54. The van der Waals surface area contributed by atoms with Crippen molar-refractivity contribution in [3.05, 3.63) is 65.4 Å². The zero-order valence-corrected chi connectivity index (χ0v) is 13.9. The van der Waals surface area contributed by atoms with Crippen LogP contribution in [-0.2, 0) is 13.0 Å². The fraction of sp³-hybridized carbons (Fsp3) is 0.263. The molecule has 0 unspecified atom stereocenters. The van der Waals surface area contributed by atoms with Crippen molar-refractivity contribution in [2.24, 2.45) is 0 Å². The van der Waals surface area contributed by atoms with Gasteiger partial charge in [-0.3, -0.25) is 3.97 Å². The normalized spacial score (nSPS) is 15.2. The molecule has 0 fully saturated rings. The summed E-state index contributed by atoms with van der Waals surface area (Å²) in [5.41, 5.74) is 5.65. The summed E-state index contributed by atoms with van der Waals surface area (Å²) in [6.07, 6.45) is 1.12. The molecule has 0 saturated heterocycles. The molecular weight excluding hydrogens is 288 g/mol. The Morgan fingerprint density at radius 1 is 1.00 bits per heavy atom. The highest BCUT2D eigenvalue weighted by Crippen LogP contribution is 2.36. The van der Waals surface area contributed by atoms with E-state index in [1.165, 1.54) is 32.6 Å². The molecule has 2 nitrogen and oxygen atoms in total. The maximum absolute atomic E-state index is 2.45. The molecule has 1 aliphatic rings. The Kier molecular flexibility index (Phi) is 3.47. The zero-order chi connectivity index (χ0) is 15.1. The summed E-state index contributed by atoms with van der Waals surface area (Å²) >= 11 is 1.85. The highest BCUT2D eigenvalue weighted by atomic mass is 32.2. The zero-order valence-electron chi connectivity index (χ0n) is 13.0. The van der Waals surface area contributed by atoms with Crippen molar-refractivity contribution in [1.82, 2.24) is 8.87 Å². The average molecular weight is 308 g/mol. The molecular formula is C19H20N2S. The van der Waals surface area contributed by atoms with Crippen LogP contribution in [-0.4, -0.2) is 22.5 Å². The first kappa shape index (κ1) is 13.9. The van der Waals surface area contributed by atoms with Crippen molar-refractivity contribution in [1.29, 1.82) is 0 Å². The third kappa shape index (κ3) is 2.34. The number of likely N-dealkylation sites (N-methyl/N-ethyl adjacent to an activating group) is 1. The van der Waals surface area contributed by atoms with Gasteiger partial charge in [-0.15, -0.1) is 0 Å². The Morgan fingerprint density at radius 2 is 1.77 bits per heavy atom. The van der Waals surface area contributed by atoms with E-state index in [0.717, 1.165) is 19.5 Å². The Balaban J connectivity index is 1.84. The van der Waals surface area contributed by atoms with Gasteiger partial charge in [-0.1, -0.05) is 35.9 Å². The van der Waals surface area contributed by atoms with Crippen LogP contribution < -0.4 is 0 Å². The molecule has 2 heterocycles. The van der Waals surface area contributed by atoms with Gasteiger partial charge >= 0.3 is 0 Å². The largest absolute Gasteiger partial charge is 0.302 e. The molecule has 0 radical (unpaired) electrons. The molecule has 0 N–H and O–H groups in total.